The first kappa shape index (κ1) is 20.1. The number of hydrogen-bond acceptors (Lipinski definition) is 6. The van der Waals surface area contributed by atoms with Gasteiger partial charge in [0.2, 0.25) is 0 Å². The van der Waals surface area contributed by atoms with E-state index in [9.17, 15) is 22.8 Å². The van der Waals surface area contributed by atoms with Crippen molar-refractivity contribution in [3.05, 3.63) is 0 Å². The minimum atomic E-state index is -5.06. The molecule has 0 heterocycles. The Bertz CT molecular complexity index is 377. The molecule has 0 spiro atoms. The van der Waals surface area contributed by atoms with Crippen molar-refractivity contribution >= 4 is 54.6 Å². The highest BCUT2D eigenvalue weighted by Crippen LogP contribution is 2.47. The molecule has 20 heavy (non-hydrogen) atoms. The van der Waals surface area contributed by atoms with Crippen LogP contribution in [-0.2, 0) is 26.1 Å². The van der Waals surface area contributed by atoms with Crippen molar-refractivity contribution in [2.24, 2.45) is 0 Å². The molecule has 1 amide bonds. The minimum Gasteiger partial charge on any atom is -0.465 e. The van der Waals surface area contributed by atoms with E-state index < -0.39 is 35.9 Å². The Labute approximate surface area is 130 Å². The third kappa shape index (κ3) is 5.13. The van der Waals surface area contributed by atoms with Crippen molar-refractivity contribution in [1.82, 2.24) is 4.90 Å². The second-order valence-electron chi connectivity index (χ2n) is 3.35. The van der Waals surface area contributed by atoms with Gasteiger partial charge in [-0.2, -0.15) is 13.2 Å². The summed E-state index contributed by atoms with van der Waals surface area (Å²) in [4.78, 5) is 23.5. The zero-order valence-electron chi connectivity index (χ0n) is 11.0. The summed E-state index contributed by atoms with van der Waals surface area (Å²) in [5.74, 6) is -2.97. The van der Waals surface area contributed by atoms with Crippen LogP contribution in [0, 0.1) is 0 Å². The van der Waals surface area contributed by atoms with E-state index in [1.807, 2.05) is 0 Å². The van der Waals surface area contributed by atoms with Gasteiger partial charge in [0.15, 0.2) is 3.94 Å². The standard InChI is InChI=1S/C9H15F3NO3PS3/c1-4-16-6(14)5-13(7(15)8(10,11)12)9(17-18,19-2)20-3/h4-5,17H2,1-3H3. The van der Waals surface area contributed by atoms with Gasteiger partial charge in [0.1, 0.15) is 6.54 Å². The zero-order valence-corrected chi connectivity index (χ0v) is 14.6. The summed E-state index contributed by atoms with van der Waals surface area (Å²) in [7, 11) is -0.949. The van der Waals surface area contributed by atoms with Gasteiger partial charge < -0.3 is 4.74 Å². The molecule has 0 radical (unpaired) electrons. The SMILES string of the molecule is CCOC(=O)CN(C(=O)C(F)(F)F)C([PH2]=S)(SC)SC. The average molecular weight is 369 g/mol. The van der Waals surface area contributed by atoms with E-state index in [1.165, 1.54) is 6.92 Å². The van der Waals surface area contributed by atoms with Gasteiger partial charge in [-0.05, 0) is 26.8 Å². The Balaban J connectivity index is 5.51. The molecule has 0 aromatic carbocycles. The van der Waals surface area contributed by atoms with Crippen LogP contribution in [-0.4, -0.2) is 52.6 Å². The van der Waals surface area contributed by atoms with E-state index in [0.29, 0.717) is 4.90 Å². The Hall–Kier alpha value is 0.0800. The third-order valence-corrected chi connectivity index (χ3v) is 9.45. The van der Waals surface area contributed by atoms with Crippen LogP contribution in [0.2, 0.25) is 0 Å². The average Bonchev–Trinajstić information content (AvgIpc) is 2.38. The molecule has 0 saturated carbocycles. The van der Waals surface area contributed by atoms with Crippen molar-refractivity contribution in [2.75, 3.05) is 25.7 Å². The minimum absolute atomic E-state index is 0.0269. The smallest absolute Gasteiger partial charge is 0.465 e. The van der Waals surface area contributed by atoms with Gasteiger partial charge in [0.25, 0.3) is 0 Å². The highest BCUT2D eigenvalue weighted by molar-refractivity contribution is 8.27. The summed E-state index contributed by atoms with van der Waals surface area (Å²) in [6, 6.07) is 0. The van der Waals surface area contributed by atoms with Crippen LogP contribution in [0.3, 0.4) is 0 Å². The fourth-order valence-electron chi connectivity index (χ4n) is 1.28. The van der Waals surface area contributed by atoms with Crippen LogP contribution in [0.25, 0.3) is 0 Å². The third-order valence-electron chi connectivity index (χ3n) is 2.19. The molecule has 0 aromatic heterocycles. The molecule has 11 heteroatoms. The van der Waals surface area contributed by atoms with E-state index in [0.717, 1.165) is 23.5 Å². The van der Waals surface area contributed by atoms with Crippen molar-refractivity contribution in [3.63, 3.8) is 0 Å². The maximum Gasteiger partial charge on any atom is 0.471 e. The predicted molar refractivity (Wildman–Crippen MR) is 81.2 cm³/mol. The number of carbonyl (C=O) groups is 2. The van der Waals surface area contributed by atoms with E-state index >= 15 is 0 Å². The van der Waals surface area contributed by atoms with Gasteiger partial charge in [-0.1, -0.05) is 11.8 Å². The van der Waals surface area contributed by atoms with Gasteiger partial charge in [-0.25, -0.2) is 0 Å². The van der Waals surface area contributed by atoms with E-state index in [1.54, 1.807) is 12.5 Å². The highest BCUT2D eigenvalue weighted by Gasteiger charge is 2.49. The lowest BCUT2D eigenvalue weighted by Gasteiger charge is -2.38. The molecule has 0 aliphatic heterocycles. The summed E-state index contributed by atoms with van der Waals surface area (Å²) in [5, 5.41) is 0. The summed E-state index contributed by atoms with van der Waals surface area (Å²) >= 11 is 6.99. The lowest BCUT2D eigenvalue weighted by molar-refractivity contribution is -0.187. The Morgan fingerprint density at radius 2 is 1.80 bits per heavy atom. The van der Waals surface area contributed by atoms with Crippen molar-refractivity contribution in [1.29, 1.82) is 0 Å². The van der Waals surface area contributed by atoms with Crippen LogP contribution in [0.4, 0.5) is 13.2 Å². The molecule has 0 aliphatic carbocycles. The van der Waals surface area contributed by atoms with Crippen molar-refractivity contribution in [2.45, 2.75) is 17.0 Å². The predicted octanol–water partition coefficient (Wildman–Crippen LogP) is 2.15. The molecule has 0 N–H and O–H groups in total. The molecule has 118 valence electrons. The molecule has 1 atom stereocenters. The molecular weight excluding hydrogens is 354 g/mol. The lowest BCUT2D eigenvalue weighted by Crippen LogP contribution is -2.51. The van der Waals surface area contributed by atoms with Crippen molar-refractivity contribution < 1.29 is 27.5 Å². The van der Waals surface area contributed by atoms with E-state index in [4.69, 9.17) is 11.8 Å². The Morgan fingerprint density at radius 1 is 1.30 bits per heavy atom. The molecule has 0 aliphatic rings. The second-order valence-corrected chi connectivity index (χ2v) is 8.29. The van der Waals surface area contributed by atoms with Gasteiger partial charge in [-0.15, -0.1) is 23.5 Å². The largest absolute Gasteiger partial charge is 0.471 e. The molecule has 0 aromatic rings. The van der Waals surface area contributed by atoms with Crippen LogP contribution in [0.1, 0.15) is 6.92 Å². The number of carbonyl (C=O) groups excluding carboxylic acids is 2. The topological polar surface area (TPSA) is 46.6 Å². The van der Waals surface area contributed by atoms with Crippen LogP contribution in [0.5, 0.6) is 0 Å². The number of rotatable bonds is 7. The van der Waals surface area contributed by atoms with Crippen molar-refractivity contribution in [3.8, 4) is 0 Å². The van der Waals surface area contributed by atoms with Gasteiger partial charge in [-0.3, -0.25) is 14.5 Å². The van der Waals surface area contributed by atoms with Gasteiger partial charge in [0, 0.05) is 0 Å². The van der Waals surface area contributed by atoms with E-state index in [-0.39, 0.29) is 6.61 Å². The monoisotopic (exact) mass is 369 g/mol. The second kappa shape index (κ2) is 8.51. The summed E-state index contributed by atoms with van der Waals surface area (Å²) < 4.78 is 41.4. The van der Waals surface area contributed by atoms with Gasteiger partial charge in [0.05, 0.1) is 6.61 Å². The molecule has 0 saturated heterocycles. The molecule has 0 fully saturated rings. The van der Waals surface area contributed by atoms with Crippen LogP contribution < -0.4 is 0 Å². The molecular formula is C9H15F3NO3PS3. The summed E-state index contributed by atoms with van der Waals surface area (Å²) in [6.07, 6.45) is -1.96. The van der Waals surface area contributed by atoms with Gasteiger partial charge >= 0.3 is 18.1 Å². The Kier molecular flexibility index (Phi) is 8.54. The first-order chi connectivity index (χ1) is 9.18. The van der Waals surface area contributed by atoms with E-state index in [2.05, 4.69) is 4.74 Å². The molecule has 0 rings (SSSR count). The summed E-state index contributed by atoms with van der Waals surface area (Å²) in [6.45, 7) is 0.791. The lowest BCUT2D eigenvalue weighted by atomic mass is 10.4. The first-order valence-electron chi connectivity index (χ1n) is 5.29. The first-order valence-corrected chi connectivity index (χ1v) is 10.2. The molecule has 1 unspecified atom stereocenters. The fourth-order valence-corrected chi connectivity index (χ4v) is 5.90. The summed E-state index contributed by atoms with van der Waals surface area (Å²) in [5.41, 5.74) is 0. The zero-order chi connectivity index (χ0) is 16.0. The Morgan fingerprint density at radius 3 is 2.10 bits per heavy atom. The number of thioether (sulfide) groups is 2. The fraction of sp³-hybridized carbons (Fsp3) is 0.778. The number of amides is 1. The number of esters is 1. The van der Waals surface area contributed by atoms with Crippen LogP contribution in [0.15, 0.2) is 0 Å². The number of ether oxygens (including phenoxy) is 1. The quantitative estimate of drug-likeness (QED) is 0.389. The number of halogens is 3. The van der Waals surface area contributed by atoms with Crippen LogP contribution >= 0.6 is 30.9 Å². The number of alkyl halides is 3. The number of nitrogens with zero attached hydrogens (tertiary/aromatic N) is 1. The number of hydrogen-bond donors (Lipinski definition) is 0. The molecule has 4 nitrogen and oxygen atoms in total. The maximum absolute atomic E-state index is 12.7. The maximum atomic E-state index is 12.7. The normalized spacial score (nSPS) is 12.7. The molecule has 0 bridgehead atoms. The highest BCUT2D eigenvalue weighted by atomic mass is 32.4.